The Morgan fingerprint density at radius 1 is 1.23 bits per heavy atom. The Morgan fingerprint density at radius 2 is 2.07 bits per heavy atom. The molecule has 1 fully saturated rings. The number of nitrogens with one attached hydrogen (secondary N) is 1. The fourth-order valence-corrected chi connectivity index (χ4v) is 4.40. The highest BCUT2D eigenvalue weighted by Gasteiger charge is 2.31. The van der Waals surface area contributed by atoms with Crippen molar-refractivity contribution in [1.29, 1.82) is 0 Å². The topological polar surface area (TPSA) is 72.7 Å². The average molecular weight is 418 g/mol. The molecule has 1 aromatic carbocycles. The average Bonchev–Trinajstić information content (AvgIpc) is 3.40. The van der Waals surface area contributed by atoms with Gasteiger partial charge in [0.15, 0.2) is 0 Å². The third-order valence-corrected chi connectivity index (χ3v) is 6.15. The van der Waals surface area contributed by atoms with Gasteiger partial charge >= 0.3 is 0 Å². The molecular weight excluding hydrogens is 394 g/mol. The van der Waals surface area contributed by atoms with Crippen LogP contribution in [0.25, 0.3) is 33.4 Å². The second-order valence-corrected chi connectivity index (χ2v) is 8.95. The van der Waals surface area contributed by atoms with E-state index in [1.54, 1.807) is 0 Å². The Bertz CT molecular complexity index is 1250. The van der Waals surface area contributed by atoms with E-state index in [1.807, 2.05) is 48.3 Å². The van der Waals surface area contributed by atoms with Crippen LogP contribution in [0, 0.1) is 5.92 Å². The highest BCUT2D eigenvalue weighted by molar-refractivity contribution is 7.11. The van der Waals surface area contributed by atoms with Crippen LogP contribution >= 0.6 is 11.5 Å². The van der Waals surface area contributed by atoms with E-state index in [0.29, 0.717) is 5.92 Å². The first-order chi connectivity index (χ1) is 14.5. The van der Waals surface area contributed by atoms with Gasteiger partial charge in [0.05, 0.1) is 22.5 Å². The molecule has 6 nitrogen and oxygen atoms in total. The van der Waals surface area contributed by atoms with Crippen LogP contribution in [0.1, 0.15) is 38.3 Å². The van der Waals surface area contributed by atoms with E-state index in [4.69, 9.17) is 9.36 Å². The molecule has 4 aromatic rings. The number of hydrogen-bond donors (Lipinski definition) is 1. The van der Waals surface area contributed by atoms with Crippen LogP contribution in [0.4, 0.5) is 5.00 Å². The summed E-state index contributed by atoms with van der Waals surface area (Å²) in [4.78, 5) is 17.4. The maximum Gasteiger partial charge on any atom is 0.228 e. The minimum Gasteiger partial charge on any atom is -0.316 e. The molecule has 7 heteroatoms. The monoisotopic (exact) mass is 417 g/mol. The molecule has 0 atom stereocenters. The molecule has 0 aliphatic heterocycles. The van der Waals surface area contributed by atoms with Gasteiger partial charge in [0.2, 0.25) is 5.91 Å². The SMILES string of the molecule is CC(C)c1cccc(-c2c(-c3ccc4nn(C)cc4c3)nsc2NC(=O)C2CC2)n1. The van der Waals surface area contributed by atoms with Crippen molar-refractivity contribution in [3.63, 3.8) is 0 Å². The number of pyridine rings is 1. The van der Waals surface area contributed by atoms with Crippen LogP contribution < -0.4 is 5.32 Å². The molecule has 0 saturated heterocycles. The highest BCUT2D eigenvalue weighted by atomic mass is 32.1. The highest BCUT2D eigenvalue weighted by Crippen LogP contribution is 2.42. The Balaban J connectivity index is 1.65. The predicted molar refractivity (Wildman–Crippen MR) is 120 cm³/mol. The second-order valence-electron chi connectivity index (χ2n) is 8.18. The van der Waals surface area contributed by atoms with Crippen LogP contribution in [-0.4, -0.2) is 25.0 Å². The number of carbonyl (C=O) groups is 1. The first kappa shape index (κ1) is 18.9. The number of aromatic nitrogens is 4. The Morgan fingerprint density at radius 3 is 2.83 bits per heavy atom. The molecule has 1 aliphatic carbocycles. The lowest BCUT2D eigenvalue weighted by atomic mass is 10.0. The number of amides is 1. The minimum atomic E-state index is 0.0779. The number of fused-ring (bicyclic) bond motifs is 1. The predicted octanol–water partition coefficient (Wildman–Crippen LogP) is 5.23. The summed E-state index contributed by atoms with van der Waals surface area (Å²) in [6.45, 7) is 4.26. The smallest absolute Gasteiger partial charge is 0.228 e. The zero-order chi connectivity index (χ0) is 20.8. The number of hydrogen-bond acceptors (Lipinski definition) is 5. The molecule has 30 heavy (non-hydrogen) atoms. The van der Waals surface area contributed by atoms with Gasteiger partial charge in [-0.25, -0.2) is 0 Å². The normalized spacial score (nSPS) is 13.9. The maximum absolute atomic E-state index is 12.5. The molecule has 1 saturated carbocycles. The molecule has 0 unspecified atom stereocenters. The number of aryl methyl sites for hydroxylation is 1. The van der Waals surface area contributed by atoms with Gasteiger partial charge in [-0.3, -0.25) is 14.5 Å². The van der Waals surface area contributed by atoms with Crippen molar-refractivity contribution >= 4 is 33.3 Å². The second kappa shape index (κ2) is 7.32. The third-order valence-electron chi connectivity index (χ3n) is 5.39. The lowest BCUT2D eigenvalue weighted by Crippen LogP contribution is -2.13. The zero-order valence-corrected chi connectivity index (χ0v) is 18.0. The van der Waals surface area contributed by atoms with Crippen molar-refractivity contribution in [2.75, 3.05) is 5.32 Å². The number of carbonyl (C=O) groups excluding carboxylic acids is 1. The summed E-state index contributed by atoms with van der Waals surface area (Å²) < 4.78 is 6.55. The molecule has 1 amide bonds. The number of rotatable bonds is 5. The van der Waals surface area contributed by atoms with Crippen molar-refractivity contribution < 1.29 is 4.79 Å². The van der Waals surface area contributed by atoms with Crippen molar-refractivity contribution in [1.82, 2.24) is 19.1 Å². The van der Waals surface area contributed by atoms with E-state index in [0.717, 1.165) is 57.0 Å². The zero-order valence-electron chi connectivity index (χ0n) is 17.2. The summed E-state index contributed by atoms with van der Waals surface area (Å²) in [5.74, 6) is 0.524. The molecule has 152 valence electrons. The van der Waals surface area contributed by atoms with E-state index in [2.05, 4.69) is 30.3 Å². The van der Waals surface area contributed by atoms with Crippen molar-refractivity contribution in [3.05, 3.63) is 48.3 Å². The number of nitrogens with zero attached hydrogens (tertiary/aromatic N) is 4. The van der Waals surface area contributed by atoms with Gasteiger partial charge < -0.3 is 5.32 Å². The van der Waals surface area contributed by atoms with E-state index >= 15 is 0 Å². The van der Waals surface area contributed by atoms with E-state index in [-0.39, 0.29) is 11.8 Å². The number of benzene rings is 1. The van der Waals surface area contributed by atoms with E-state index in [1.165, 1.54) is 11.5 Å². The first-order valence-electron chi connectivity index (χ1n) is 10.2. The third kappa shape index (κ3) is 3.50. The molecule has 1 N–H and O–H groups in total. The van der Waals surface area contributed by atoms with Crippen LogP contribution in [0.15, 0.2) is 42.6 Å². The summed E-state index contributed by atoms with van der Waals surface area (Å²) in [7, 11) is 1.92. The molecule has 1 aliphatic rings. The summed E-state index contributed by atoms with van der Waals surface area (Å²) in [6, 6.07) is 12.2. The quantitative estimate of drug-likeness (QED) is 0.482. The van der Waals surface area contributed by atoms with Crippen LogP contribution in [0.2, 0.25) is 0 Å². The van der Waals surface area contributed by atoms with Gasteiger partial charge in [-0.05, 0) is 54.6 Å². The van der Waals surface area contributed by atoms with Gasteiger partial charge in [0.25, 0.3) is 0 Å². The van der Waals surface area contributed by atoms with Gasteiger partial charge in [0.1, 0.15) is 5.00 Å². The summed E-state index contributed by atoms with van der Waals surface area (Å²) >= 11 is 1.32. The van der Waals surface area contributed by atoms with Gasteiger partial charge in [-0.1, -0.05) is 26.0 Å². The standard InChI is InChI=1S/C23H23N5OS/c1-13(2)17-5-4-6-19(24-17)20-21(27-30-23(20)25-22(29)14-7-8-14)15-9-10-18-16(11-15)12-28(3)26-18/h4-6,9-14H,7-8H2,1-3H3,(H,25,29). The summed E-state index contributed by atoms with van der Waals surface area (Å²) in [5, 5.41) is 9.39. The summed E-state index contributed by atoms with van der Waals surface area (Å²) in [5.41, 5.74) is 5.52. The van der Waals surface area contributed by atoms with Crippen molar-refractivity contribution in [2.45, 2.75) is 32.6 Å². The molecule has 5 rings (SSSR count). The van der Waals surface area contributed by atoms with Crippen LogP contribution in [0.5, 0.6) is 0 Å². The largest absolute Gasteiger partial charge is 0.316 e. The van der Waals surface area contributed by atoms with Gasteiger partial charge in [-0.15, -0.1) is 0 Å². The van der Waals surface area contributed by atoms with Crippen molar-refractivity contribution in [3.8, 4) is 22.5 Å². The molecule has 0 bridgehead atoms. The minimum absolute atomic E-state index is 0.0779. The van der Waals surface area contributed by atoms with Crippen LogP contribution in [-0.2, 0) is 11.8 Å². The van der Waals surface area contributed by atoms with Gasteiger partial charge in [-0.2, -0.15) is 9.47 Å². The van der Waals surface area contributed by atoms with E-state index in [9.17, 15) is 4.79 Å². The van der Waals surface area contributed by atoms with E-state index < -0.39 is 0 Å². The Kier molecular flexibility index (Phi) is 4.62. The Hall–Kier alpha value is -3.06. The first-order valence-corrected chi connectivity index (χ1v) is 11.0. The molecule has 0 radical (unpaired) electrons. The lowest BCUT2D eigenvalue weighted by Gasteiger charge is -2.10. The van der Waals surface area contributed by atoms with Crippen molar-refractivity contribution in [2.24, 2.45) is 13.0 Å². The Labute approximate surface area is 179 Å². The molecule has 0 spiro atoms. The summed E-state index contributed by atoms with van der Waals surface area (Å²) in [6.07, 6.45) is 3.93. The lowest BCUT2D eigenvalue weighted by molar-refractivity contribution is -0.117. The number of anilines is 1. The molecule has 3 aromatic heterocycles. The molecular formula is C23H23N5OS. The van der Waals surface area contributed by atoms with Crippen LogP contribution in [0.3, 0.4) is 0 Å². The van der Waals surface area contributed by atoms with Gasteiger partial charge in [0, 0.05) is 35.8 Å². The maximum atomic E-state index is 12.5. The fourth-order valence-electron chi connectivity index (χ4n) is 3.58. The fraction of sp³-hybridized carbons (Fsp3) is 0.304. The molecule has 3 heterocycles.